The van der Waals surface area contributed by atoms with Crippen molar-refractivity contribution < 1.29 is 4.79 Å². The summed E-state index contributed by atoms with van der Waals surface area (Å²) in [5.41, 5.74) is 0.959. The van der Waals surface area contributed by atoms with Gasteiger partial charge in [-0.15, -0.1) is 0 Å². The minimum Gasteiger partial charge on any atom is -0.294 e. The first-order chi connectivity index (χ1) is 6.06. The summed E-state index contributed by atoms with van der Waals surface area (Å²) in [6.45, 7) is 1.45. The van der Waals surface area contributed by atoms with Crippen LogP contribution in [0.4, 0.5) is 0 Å². The predicted molar refractivity (Wildman–Crippen MR) is 58.9 cm³/mol. The van der Waals surface area contributed by atoms with Gasteiger partial charge in [-0.3, -0.25) is 4.79 Å². The first kappa shape index (κ1) is 10.5. The van der Waals surface area contributed by atoms with Crippen LogP contribution in [0.3, 0.4) is 0 Å². The standard InChI is InChI=1S/C9H5ClINO/c1-5(13)7-3-9(11)6(4-12)2-8(7)10/h2-3H,1H3. The highest BCUT2D eigenvalue weighted by Gasteiger charge is 2.09. The number of rotatable bonds is 1. The Bertz CT molecular complexity index is 409. The maximum absolute atomic E-state index is 11.0. The Morgan fingerprint density at radius 1 is 1.62 bits per heavy atom. The summed E-state index contributed by atoms with van der Waals surface area (Å²) in [6, 6.07) is 5.14. The number of nitrogens with zero attached hydrogens (tertiary/aromatic N) is 1. The van der Waals surface area contributed by atoms with Crippen LogP contribution >= 0.6 is 34.2 Å². The number of halogens is 2. The summed E-state index contributed by atoms with van der Waals surface area (Å²) in [7, 11) is 0. The quantitative estimate of drug-likeness (QED) is 0.591. The van der Waals surface area contributed by atoms with Crippen LogP contribution in [0.2, 0.25) is 5.02 Å². The van der Waals surface area contributed by atoms with E-state index in [9.17, 15) is 4.79 Å². The van der Waals surface area contributed by atoms with Crippen molar-refractivity contribution in [1.82, 2.24) is 0 Å². The molecule has 0 atom stereocenters. The van der Waals surface area contributed by atoms with E-state index in [4.69, 9.17) is 16.9 Å². The van der Waals surface area contributed by atoms with Gasteiger partial charge in [-0.1, -0.05) is 11.6 Å². The molecule has 0 aliphatic heterocycles. The maximum Gasteiger partial charge on any atom is 0.161 e. The van der Waals surface area contributed by atoms with Crippen molar-refractivity contribution in [3.63, 3.8) is 0 Å². The van der Waals surface area contributed by atoms with E-state index in [1.807, 2.05) is 28.7 Å². The highest BCUT2D eigenvalue weighted by molar-refractivity contribution is 14.1. The van der Waals surface area contributed by atoms with Crippen molar-refractivity contribution >= 4 is 40.0 Å². The first-order valence-corrected chi connectivity index (χ1v) is 4.92. The number of hydrogen-bond acceptors (Lipinski definition) is 2. The lowest BCUT2D eigenvalue weighted by molar-refractivity contribution is 0.101. The molecule has 0 amide bonds. The minimum absolute atomic E-state index is 0.0904. The van der Waals surface area contributed by atoms with Gasteiger partial charge in [0, 0.05) is 9.13 Å². The molecule has 0 unspecified atom stereocenters. The molecule has 0 saturated carbocycles. The van der Waals surface area contributed by atoms with Gasteiger partial charge in [-0.05, 0) is 41.6 Å². The second kappa shape index (κ2) is 4.07. The average Bonchev–Trinajstić information content (AvgIpc) is 2.07. The Labute approximate surface area is 94.6 Å². The number of carbonyl (C=O) groups excluding carboxylic acids is 1. The molecule has 4 heteroatoms. The maximum atomic E-state index is 11.0. The molecule has 0 fully saturated rings. The molecule has 1 aromatic rings. The molecular formula is C9H5ClINO. The highest BCUT2D eigenvalue weighted by Crippen LogP contribution is 2.22. The molecule has 0 heterocycles. The van der Waals surface area contributed by atoms with Gasteiger partial charge in [0.25, 0.3) is 0 Å². The second-order valence-electron chi connectivity index (χ2n) is 2.48. The van der Waals surface area contributed by atoms with Crippen LogP contribution in [0, 0.1) is 14.9 Å². The third-order valence-corrected chi connectivity index (χ3v) is 2.76. The van der Waals surface area contributed by atoms with Gasteiger partial charge in [-0.2, -0.15) is 5.26 Å². The van der Waals surface area contributed by atoms with Crippen LogP contribution in [0.25, 0.3) is 0 Å². The van der Waals surface area contributed by atoms with E-state index in [-0.39, 0.29) is 5.78 Å². The van der Waals surface area contributed by atoms with Crippen LogP contribution < -0.4 is 0 Å². The van der Waals surface area contributed by atoms with Gasteiger partial charge in [0.05, 0.1) is 10.6 Å². The lowest BCUT2D eigenvalue weighted by Gasteiger charge is -2.01. The van der Waals surface area contributed by atoms with Gasteiger partial charge in [0.1, 0.15) is 6.07 Å². The van der Waals surface area contributed by atoms with E-state index in [1.54, 1.807) is 6.07 Å². The van der Waals surface area contributed by atoms with E-state index in [2.05, 4.69) is 0 Å². The molecule has 0 bridgehead atoms. The van der Waals surface area contributed by atoms with Gasteiger partial charge in [-0.25, -0.2) is 0 Å². The second-order valence-corrected chi connectivity index (χ2v) is 4.05. The fraction of sp³-hybridized carbons (Fsp3) is 0.111. The molecule has 1 aromatic carbocycles. The summed E-state index contributed by atoms with van der Waals surface area (Å²) >= 11 is 7.80. The van der Waals surface area contributed by atoms with Crippen molar-refractivity contribution in [1.29, 1.82) is 5.26 Å². The van der Waals surface area contributed by atoms with Crippen molar-refractivity contribution in [3.8, 4) is 6.07 Å². The van der Waals surface area contributed by atoms with Gasteiger partial charge < -0.3 is 0 Å². The Morgan fingerprint density at radius 2 is 2.23 bits per heavy atom. The van der Waals surface area contributed by atoms with Crippen molar-refractivity contribution in [3.05, 3.63) is 31.9 Å². The number of Topliss-reactive ketones (excluding diaryl/α,β-unsaturated/α-hetero) is 1. The lowest BCUT2D eigenvalue weighted by Crippen LogP contribution is -1.95. The van der Waals surface area contributed by atoms with Crippen LogP contribution in [-0.2, 0) is 0 Å². The van der Waals surface area contributed by atoms with Crippen molar-refractivity contribution in [2.45, 2.75) is 6.92 Å². The number of ketones is 1. The third-order valence-electron chi connectivity index (χ3n) is 1.56. The molecule has 0 N–H and O–H groups in total. The highest BCUT2D eigenvalue weighted by atomic mass is 127. The predicted octanol–water partition coefficient (Wildman–Crippen LogP) is 3.02. The first-order valence-electron chi connectivity index (χ1n) is 3.46. The lowest BCUT2D eigenvalue weighted by atomic mass is 10.1. The monoisotopic (exact) mass is 305 g/mol. The summed E-state index contributed by atoms with van der Waals surface area (Å²) in [6.07, 6.45) is 0. The summed E-state index contributed by atoms with van der Waals surface area (Å²) in [4.78, 5) is 11.0. The zero-order valence-corrected chi connectivity index (χ0v) is 9.68. The average molecular weight is 306 g/mol. The number of nitriles is 1. The van der Waals surface area contributed by atoms with Crippen LogP contribution in [0.1, 0.15) is 22.8 Å². The number of benzene rings is 1. The summed E-state index contributed by atoms with van der Waals surface area (Å²) in [5.74, 6) is -0.0904. The van der Waals surface area contributed by atoms with Gasteiger partial charge in [0.2, 0.25) is 0 Å². The molecule has 0 radical (unpaired) electrons. The fourth-order valence-corrected chi connectivity index (χ4v) is 1.79. The Morgan fingerprint density at radius 3 is 2.69 bits per heavy atom. The SMILES string of the molecule is CC(=O)c1cc(I)c(C#N)cc1Cl. The molecule has 66 valence electrons. The van der Waals surface area contributed by atoms with Crippen LogP contribution in [0.15, 0.2) is 12.1 Å². The van der Waals surface area contributed by atoms with E-state index < -0.39 is 0 Å². The third kappa shape index (κ3) is 2.20. The zero-order chi connectivity index (χ0) is 10.0. The Kier molecular flexibility index (Phi) is 3.28. The van der Waals surface area contributed by atoms with Crippen molar-refractivity contribution in [2.75, 3.05) is 0 Å². The molecule has 0 spiro atoms. The molecule has 0 aliphatic carbocycles. The topological polar surface area (TPSA) is 40.9 Å². The van der Waals surface area contributed by atoms with Crippen LogP contribution in [-0.4, -0.2) is 5.78 Å². The molecule has 0 saturated heterocycles. The van der Waals surface area contributed by atoms with Gasteiger partial charge >= 0.3 is 0 Å². The van der Waals surface area contributed by atoms with Crippen molar-refractivity contribution in [2.24, 2.45) is 0 Å². The Hall–Kier alpha value is -0.600. The van der Waals surface area contributed by atoms with E-state index in [1.165, 1.54) is 13.0 Å². The fourth-order valence-electron chi connectivity index (χ4n) is 0.902. The molecule has 0 aromatic heterocycles. The Balaban J connectivity index is 3.39. The van der Waals surface area contributed by atoms with E-state index in [0.29, 0.717) is 16.1 Å². The van der Waals surface area contributed by atoms with Crippen LogP contribution in [0.5, 0.6) is 0 Å². The molecule has 2 nitrogen and oxygen atoms in total. The number of carbonyl (C=O) groups is 1. The van der Waals surface area contributed by atoms with E-state index in [0.717, 1.165) is 3.57 Å². The van der Waals surface area contributed by atoms with Gasteiger partial charge in [0.15, 0.2) is 5.78 Å². The molecule has 13 heavy (non-hydrogen) atoms. The molecule has 0 aliphatic rings. The normalized spacial score (nSPS) is 9.38. The summed E-state index contributed by atoms with van der Waals surface area (Å²) < 4.78 is 0.745. The molecule has 1 rings (SSSR count). The van der Waals surface area contributed by atoms with E-state index >= 15 is 0 Å². The largest absolute Gasteiger partial charge is 0.294 e. The molecular weight excluding hydrogens is 300 g/mol. The minimum atomic E-state index is -0.0904. The number of hydrogen-bond donors (Lipinski definition) is 0. The smallest absolute Gasteiger partial charge is 0.161 e. The zero-order valence-electron chi connectivity index (χ0n) is 6.77. The summed E-state index contributed by atoms with van der Waals surface area (Å²) in [5, 5.41) is 9.01.